The van der Waals surface area contributed by atoms with Crippen LogP contribution < -0.4 is 0 Å². The van der Waals surface area contributed by atoms with Crippen LogP contribution in [0.15, 0.2) is 0 Å². The van der Waals surface area contributed by atoms with Crippen LogP contribution in [0.3, 0.4) is 0 Å². The van der Waals surface area contributed by atoms with Gasteiger partial charge in [0, 0.05) is 0 Å². The van der Waals surface area contributed by atoms with Gasteiger partial charge < -0.3 is 4.74 Å². The zero-order valence-electron chi connectivity index (χ0n) is 8.70. The van der Waals surface area contributed by atoms with Gasteiger partial charge in [-0.1, -0.05) is 0 Å². The van der Waals surface area contributed by atoms with Gasteiger partial charge in [0.25, 0.3) is 0 Å². The predicted molar refractivity (Wildman–Crippen MR) is 54.8 cm³/mol. The fourth-order valence-corrected chi connectivity index (χ4v) is 1.62. The van der Waals surface area contributed by atoms with E-state index in [1.165, 1.54) is 20.8 Å². The Labute approximate surface area is 100 Å². The summed E-state index contributed by atoms with van der Waals surface area (Å²) in [6, 6.07) is 0. The van der Waals surface area contributed by atoms with Crippen LogP contribution in [0, 0.1) is 5.41 Å². The highest BCUT2D eigenvalue weighted by Gasteiger charge is 2.53. The molecule has 0 spiro atoms. The number of halogens is 3. The standard InChI is InChI=1S/C7H11BrF2O5S/c1-6(2,3)5(11)15-4(8)7(9,10)16(12,13)14/h4H,1-3H3,(H,12,13,14). The minimum Gasteiger partial charge on any atom is -0.442 e. The SMILES string of the molecule is CC(C)(C)C(=O)OC(Br)C(F)(F)S(=O)(=O)O. The van der Waals surface area contributed by atoms with E-state index in [1.807, 2.05) is 0 Å². The summed E-state index contributed by atoms with van der Waals surface area (Å²) < 4.78 is 58.9. The van der Waals surface area contributed by atoms with Gasteiger partial charge in [0.05, 0.1) is 5.41 Å². The van der Waals surface area contributed by atoms with Gasteiger partial charge in [-0.05, 0) is 36.7 Å². The van der Waals surface area contributed by atoms with Crippen LogP contribution in [0.1, 0.15) is 20.8 Å². The number of ether oxygens (including phenoxy) is 1. The van der Waals surface area contributed by atoms with E-state index in [9.17, 15) is 22.0 Å². The zero-order chi connectivity index (χ0) is 13.4. The molecule has 0 rings (SSSR count). The van der Waals surface area contributed by atoms with Crippen molar-refractivity contribution in [2.24, 2.45) is 5.41 Å². The number of carbonyl (C=O) groups is 1. The van der Waals surface area contributed by atoms with E-state index in [-0.39, 0.29) is 0 Å². The smallest absolute Gasteiger partial charge is 0.415 e. The van der Waals surface area contributed by atoms with E-state index >= 15 is 0 Å². The maximum Gasteiger partial charge on any atom is 0.415 e. The number of hydrogen-bond acceptors (Lipinski definition) is 4. The van der Waals surface area contributed by atoms with Crippen LogP contribution in [0.5, 0.6) is 0 Å². The van der Waals surface area contributed by atoms with Gasteiger partial charge in [0.1, 0.15) is 0 Å². The Morgan fingerprint density at radius 2 is 1.75 bits per heavy atom. The summed E-state index contributed by atoms with van der Waals surface area (Å²) in [7, 11) is -5.65. The van der Waals surface area contributed by atoms with Crippen LogP contribution in [0.2, 0.25) is 0 Å². The van der Waals surface area contributed by atoms with E-state index in [4.69, 9.17) is 4.55 Å². The second-order valence-electron chi connectivity index (χ2n) is 4.01. The first kappa shape index (κ1) is 15.7. The van der Waals surface area contributed by atoms with Crippen LogP contribution >= 0.6 is 15.9 Å². The second-order valence-corrected chi connectivity index (χ2v) is 6.33. The monoisotopic (exact) mass is 324 g/mol. The van der Waals surface area contributed by atoms with Gasteiger partial charge in [-0.15, -0.1) is 0 Å². The summed E-state index contributed by atoms with van der Waals surface area (Å²) >= 11 is 2.20. The van der Waals surface area contributed by atoms with Gasteiger partial charge in [-0.25, -0.2) is 0 Å². The summed E-state index contributed by atoms with van der Waals surface area (Å²) in [4.78, 5) is 11.2. The number of esters is 1. The fourth-order valence-electron chi connectivity index (χ4n) is 0.456. The van der Waals surface area contributed by atoms with E-state index in [1.54, 1.807) is 0 Å². The highest BCUT2D eigenvalue weighted by molar-refractivity contribution is 9.09. The highest BCUT2D eigenvalue weighted by Crippen LogP contribution is 2.32. The topological polar surface area (TPSA) is 80.7 Å². The minimum absolute atomic E-state index is 1.03. The van der Waals surface area contributed by atoms with Gasteiger partial charge in [-0.2, -0.15) is 17.2 Å². The normalized spacial score (nSPS) is 15.7. The minimum atomic E-state index is -5.65. The van der Waals surface area contributed by atoms with Crippen molar-refractivity contribution >= 4 is 32.0 Å². The lowest BCUT2D eigenvalue weighted by Crippen LogP contribution is -2.41. The van der Waals surface area contributed by atoms with Gasteiger partial charge >= 0.3 is 21.3 Å². The molecule has 0 saturated heterocycles. The van der Waals surface area contributed by atoms with Gasteiger partial charge in [0.2, 0.25) is 5.01 Å². The second kappa shape index (κ2) is 4.53. The van der Waals surface area contributed by atoms with Gasteiger partial charge in [-0.3, -0.25) is 9.35 Å². The van der Waals surface area contributed by atoms with Crippen LogP contribution in [-0.4, -0.2) is 29.2 Å². The molecule has 0 saturated carbocycles. The average Bonchev–Trinajstić information content (AvgIpc) is 1.99. The molecule has 0 aliphatic heterocycles. The molecule has 16 heavy (non-hydrogen) atoms. The molecule has 0 aromatic heterocycles. The molecule has 9 heteroatoms. The first-order valence-electron chi connectivity index (χ1n) is 4.00. The Bertz CT molecular complexity index is 373. The molecular formula is C7H11BrF2O5S. The van der Waals surface area contributed by atoms with Gasteiger partial charge in [0.15, 0.2) is 0 Å². The molecule has 0 aromatic rings. The van der Waals surface area contributed by atoms with Crippen molar-refractivity contribution in [3.05, 3.63) is 0 Å². The van der Waals surface area contributed by atoms with Crippen molar-refractivity contribution in [1.82, 2.24) is 0 Å². The molecule has 0 bridgehead atoms. The Morgan fingerprint density at radius 1 is 1.38 bits per heavy atom. The summed E-state index contributed by atoms with van der Waals surface area (Å²) in [5.41, 5.74) is -1.07. The largest absolute Gasteiger partial charge is 0.442 e. The third kappa shape index (κ3) is 3.63. The Morgan fingerprint density at radius 3 is 2.00 bits per heavy atom. The lowest BCUT2D eigenvalue weighted by molar-refractivity contribution is -0.161. The number of hydrogen-bond donors (Lipinski definition) is 1. The molecule has 0 radical (unpaired) electrons. The summed E-state index contributed by atoms with van der Waals surface area (Å²) in [5, 5.41) is -7.05. The van der Waals surface area contributed by atoms with Crippen molar-refractivity contribution in [3.63, 3.8) is 0 Å². The van der Waals surface area contributed by atoms with E-state index in [2.05, 4.69) is 20.7 Å². The molecule has 0 amide bonds. The maximum absolute atomic E-state index is 12.9. The fraction of sp³-hybridized carbons (Fsp3) is 0.857. The molecular weight excluding hydrogens is 314 g/mol. The quantitative estimate of drug-likeness (QED) is 0.486. The highest BCUT2D eigenvalue weighted by atomic mass is 79.9. The lowest BCUT2D eigenvalue weighted by Gasteiger charge is -2.23. The first-order chi connectivity index (χ1) is 6.80. The Hall–Kier alpha value is -0.280. The molecule has 0 aliphatic carbocycles. The Kier molecular flexibility index (Phi) is 4.46. The molecule has 1 N–H and O–H groups in total. The van der Waals surface area contributed by atoms with Crippen molar-refractivity contribution in [2.45, 2.75) is 31.0 Å². The van der Waals surface area contributed by atoms with Crippen molar-refractivity contribution in [3.8, 4) is 0 Å². The lowest BCUT2D eigenvalue weighted by atomic mass is 9.97. The van der Waals surface area contributed by atoms with Crippen molar-refractivity contribution in [1.29, 1.82) is 0 Å². The predicted octanol–water partition coefficient (Wildman–Crippen LogP) is 1.78. The van der Waals surface area contributed by atoms with Crippen LogP contribution in [0.25, 0.3) is 0 Å². The van der Waals surface area contributed by atoms with Crippen molar-refractivity contribution in [2.75, 3.05) is 0 Å². The van der Waals surface area contributed by atoms with E-state index in [0.717, 1.165) is 0 Å². The summed E-state index contributed by atoms with van der Waals surface area (Å²) in [5.74, 6) is -1.03. The zero-order valence-corrected chi connectivity index (χ0v) is 11.1. The molecule has 0 heterocycles. The van der Waals surface area contributed by atoms with Crippen LogP contribution in [0.4, 0.5) is 8.78 Å². The molecule has 0 fully saturated rings. The third-order valence-corrected chi connectivity index (χ3v) is 3.40. The molecule has 5 nitrogen and oxygen atoms in total. The number of rotatable bonds is 3. The average molecular weight is 325 g/mol. The van der Waals surface area contributed by atoms with Crippen molar-refractivity contribution < 1.29 is 31.3 Å². The third-order valence-electron chi connectivity index (χ3n) is 1.43. The number of carbonyl (C=O) groups excluding carboxylic acids is 1. The summed E-state index contributed by atoms with van der Waals surface area (Å²) in [6.45, 7) is 4.21. The molecule has 96 valence electrons. The molecule has 1 atom stereocenters. The maximum atomic E-state index is 12.9. The molecule has 1 unspecified atom stereocenters. The number of alkyl halides is 3. The Balaban J connectivity index is 4.87. The molecule has 0 aliphatic rings. The molecule has 0 aromatic carbocycles. The first-order valence-corrected chi connectivity index (χ1v) is 6.35. The summed E-state index contributed by atoms with van der Waals surface area (Å²) in [6.07, 6.45) is 0. The van der Waals surface area contributed by atoms with E-state index < -0.39 is 31.8 Å². The van der Waals surface area contributed by atoms with Crippen LogP contribution in [-0.2, 0) is 19.6 Å². The van der Waals surface area contributed by atoms with E-state index in [0.29, 0.717) is 0 Å².